The number of nitrogens with zero attached hydrogens (tertiary/aromatic N) is 5. The second kappa shape index (κ2) is 9.06. The summed E-state index contributed by atoms with van der Waals surface area (Å²) in [6.07, 6.45) is 0. The quantitative estimate of drug-likeness (QED) is 0.552. The highest BCUT2D eigenvalue weighted by molar-refractivity contribution is 5.99. The molecule has 13 heteroatoms. The van der Waals surface area contributed by atoms with Gasteiger partial charge in [-0.2, -0.15) is 4.68 Å². The van der Waals surface area contributed by atoms with Gasteiger partial charge in [0.05, 0.1) is 19.9 Å². The Labute approximate surface area is 185 Å². The molecule has 0 bridgehead atoms. The molecular formula is C20H19F2N5O6. The normalized spacial score (nSPS) is 10.9. The second-order valence-electron chi connectivity index (χ2n) is 6.93. The van der Waals surface area contributed by atoms with Crippen LogP contribution < -0.4 is 20.1 Å². The fourth-order valence-electron chi connectivity index (χ4n) is 3.14. The number of halogens is 2. The molecule has 0 unspecified atom stereocenters. The van der Waals surface area contributed by atoms with Crippen molar-refractivity contribution in [3.8, 4) is 17.2 Å². The summed E-state index contributed by atoms with van der Waals surface area (Å²) in [5.41, 5.74) is -2.31. The Morgan fingerprint density at radius 3 is 2.18 bits per heavy atom. The number of tetrazole rings is 1. The summed E-state index contributed by atoms with van der Waals surface area (Å²) in [5, 5.41) is 16.4. The first-order valence-electron chi connectivity index (χ1n) is 9.44. The number of methoxy groups -OCH3 is 2. The Morgan fingerprint density at radius 1 is 1.06 bits per heavy atom. The number of carbonyl (C=O) groups is 2. The van der Waals surface area contributed by atoms with Crippen molar-refractivity contribution in [1.29, 1.82) is 0 Å². The van der Waals surface area contributed by atoms with E-state index in [0.29, 0.717) is 9.36 Å². The minimum Gasteiger partial charge on any atom is -0.496 e. The number of aromatic carboxylic acids is 1. The maximum absolute atomic E-state index is 14.1. The van der Waals surface area contributed by atoms with Crippen LogP contribution >= 0.6 is 0 Å². The highest BCUT2D eigenvalue weighted by atomic mass is 19.1. The summed E-state index contributed by atoms with van der Waals surface area (Å²) >= 11 is 0. The molecule has 174 valence electrons. The molecule has 1 heterocycles. The SMILES string of the molecule is COc1cc(OC)c(N(C(=O)n2nnn(-c3c(F)cccc3F)c2=O)C(C)C)cc1C(=O)O. The van der Waals surface area contributed by atoms with Crippen molar-refractivity contribution in [1.82, 2.24) is 19.8 Å². The number of hydrogen-bond acceptors (Lipinski definition) is 7. The minimum absolute atomic E-state index is 0.00535. The van der Waals surface area contributed by atoms with Gasteiger partial charge in [0.15, 0.2) is 11.6 Å². The van der Waals surface area contributed by atoms with E-state index in [1.165, 1.54) is 20.3 Å². The zero-order valence-electron chi connectivity index (χ0n) is 17.9. The third-order valence-corrected chi connectivity index (χ3v) is 4.63. The summed E-state index contributed by atoms with van der Waals surface area (Å²) < 4.78 is 39.2. The highest BCUT2D eigenvalue weighted by Gasteiger charge is 2.30. The number of hydrogen-bond donors (Lipinski definition) is 1. The van der Waals surface area contributed by atoms with Gasteiger partial charge in [-0.1, -0.05) is 6.07 Å². The summed E-state index contributed by atoms with van der Waals surface area (Å²) in [4.78, 5) is 38.8. The summed E-state index contributed by atoms with van der Waals surface area (Å²) in [5.74, 6) is -3.44. The third-order valence-electron chi connectivity index (χ3n) is 4.63. The van der Waals surface area contributed by atoms with Crippen molar-refractivity contribution in [2.75, 3.05) is 19.1 Å². The number of carbonyl (C=O) groups excluding carboxylic acids is 1. The van der Waals surface area contributed by atoms with E-state index in [-0.39, 0.29) is 22.7 Å². The van der Waals surface area contributed by atoms with Crippen LogP contribution in [-0.4, -0.2) is 57.2 Å². The number of rotatable bonds is 6. The van der Waals surface area contributed by atoms with E-state index >= 15 is 0 Å². The lowest BCUT2D eigenvalue weighted by Crippen LogP contribution is -2.45. The van der Waals surface area contributed by atoms with Crippen LogP contribution in [-0.2, 0) is 0 Å². The number of benzene rings is 2. The number of carboxylic acid groups (broad SMARTS) is 1. The fourth-order valence-corrected chi connectivity index (χ4v) is 3.14. The molecule has 0 saturated carbocycles. The van der Waals surface area contributed by atoms with E-state index in [1.807, 2.05) is 0 Å². The van der Waals surface area contributed by atoms with Gasteiger partial charge in [-0.05, 0) is 42.5 Å². The van der Waals surface area contributed by atoms with Gasteiger partial charge in [0, 0.05) is 12.1 Å². The standard InChI is InChI=1S/C20H19F2N5O6/c1-10(2)25(14-8-11(18(28)29)15(32-3)9-16(14)33-4)19(30)27-20(31)26(23-24-27)17-12(21)6-5-7-13(17)22/h5-10H,1-4H3,(H,28,29). The van der Waals surface area contributed by atoms with E-state index < -0.39 is 41.1 Å². The van der Waals surface area contributed by atoms with E-state index in [0.717, 1.165) is 29.2 Å². The molecule has 0 aliphatic rings. The molecule has 0 saturated heterocycles. The smallest absolute Gasteiger partial charge is 0.377 e. The molecule has 0 aliphatic heterocycles. The van der Waals surface area contributed by atoms with Crippen LogP contribution in [0.5, 0.6) is 11.5 Å². The second-order valence-corrected chi connectivity index (χ2v) is 6.93. The Kier molecular flexibility index (Phi) is 6.42. The van der Waals surface area contributed by atoms with Gasteiger partial charge in [0.1, 0.15) is 22.7 Å². The highest BCUT2D eigenvalue weighted by Crippen LogP contribution is 2.36. The number of anilines is 1. The molecule has 1 aromatic heterocycles. The van der Waals surface area contributed by atoms with Crippen LogP contribution in [0.2, 0.25) is 0 Å². The first-order valence-corrected chi connectivity index (χ1v) is 9.44. The molecule has 0 fully saturated rings. The maximum Gasteiger partial charge on any atom is 0.377 e. The van der Waals surface area contributed by atoms with Gasteiger partial charge in [0.2, 0.25) is 0 Å². The Bertz CT molecular complexity index is 1270. The monoisotopic (exact) mass is 463 g/mol. The first kappa shape index (κ1) is 23.4. The predicted octanol–water partition coefficient (Wildman–Crippen LogP) is 2.31. The molecular weight excluding hydrogens is 444 g/mol. The van der Waals surface area contributed by atoms with Gasteiger partial charge < -0.3 is 14.6 Å². The van der Waals surface area contributed by atoms with Crippen molar-refractivity contribution in [3.05, 3.63) is 58.0 Å². The molecule has 1 N–H and O–H groups in total. The lowest BCUT2D eigenvalue weighted by atomic mass is 10.1. The Morgan fingerprint density at radius 2 is 1.67 bits per heavy atom. The molecule has 1 amide bonds. The minimum atomic E-state index is -1.33. The molecule has 11 nitrogen and oxygen atoms in total. The topological polar surface area (TPSA) is 129 Å². The van der Waals surface area contributed by atoms with Crippen molar-refractivity contribution in [2.45, 2.75) is 19.9 Å². The van der Waals surface area contributed by atoms with E-state index in [2.05, 4.69) is 10.4 Å². The molecule has 3 rings (SSSR count). The van der Waals surface area contributed by atoms with Crippen molar-refractivity contribution in [2.24, 2.45) is 0 Å². The van der Waals surface area contributed by atoms with Gasteiger partial charge in [-0.3, -0.25) is 4.90 Å². The summed E-state index contributed by atoms with van der Waals surface area (Å²) in [7, 11) is 2.57. The van der Waals surface area contributed by atoms with Crippen molar-refractivity contribution in [3.63, 3.8) is 0 Å². The third kappa shape index (κ3) is 4.12. The number of ether oxygens (including phenoxy) is 2. The molecule has 2 aromatic carbocycles. The average Bonchev–Trinajstić information content (AvgIpc) is 3.14. The molecule has 0 atom stereocenters. The van der Waals surface area contributed by atoms with Crippen LogP contribution in [0.4, 0.5) is 19.3 Å². The van der Waals surface area contributed by atoms with Crippen LogP contribution in [0.1, 0.15) is 24.2 Å². The molecule has 0 radical (unpaired) electrons. The largest absolute Gasteiger partial charge is 0.496 e. The summed E-state index contributed by atoms with van der Waals surface area (Å²) in [6, 6.07) is 3.66. The fraction of sp³-hybridized carbons (Fsp3) is 0.250. The van der Waals surface area contributed by atoms with Crippen molar-refractivity contribution >= 4 is 17.7 Å². The first-order chi connectivity index (χ1) is 15.6. The average molecular weight is 463 g/mol. The van der Waals surface area contributed by atoms with E-state index in [9.17, 15) is 28.3 Å². The number of amides is 1. The molecule has 0 aliphatic carbocycles. The van der Waals surface area contributed by atoms with E-state index in [4.69, 9.17) is 9.47 Å². The van der Waals surface area contributed by atoms with Crippen LogP contribution in [0.25, 0.3) is 5.69 Å². The maximum atomic E-state index is 14.1. The van der Waals surface area contributed by atoms with Crippen LogP contribution in [0.3, 0.4) is 0 Å². The zero-order chi connectivity index (χ0) is 24.4. The molecule has 3 aromatic rings. The van der Waals surface area contributed by atoms with Gasteiger partial charge in [-0.15, -0.1) is 4.68 Å². The molecule has 0 spiro atoms. The lowest BCUT2D eigenvalue weighted by Gasteiger charge is -2.28. The van der Waals surface area contributed by atoms with Gasteiger partial charge >= 0.3 is 17.7 Å². The van der Waals surface area contributed by atoms with Crippen molar-refractivity contribution < 1.29 is 33.0 Å². The lowest BCUT2D eigenvalue weighted by molar-refractivity contribution is 0.0693. The van der Waals surface area contributed by atoms with Gasteiger partial charge in [-0.25, -0.2) is 23.2 Å². The van der Waals surface area contributed by atoms with Gasteiger partial charge in [0.25, 0.3) is 0 Å². The predicted molar refractivity (Wildman–Crippen MR) is 110 cm³/mol. The Balaban J connectivity index is 2.17. The Hall–Kier alpha value is -4.29. The number of para-hydroxylation sites is 1. The molecule has 33 heavy (non-hydrogen) atoms. The van der Waals surface area contributed by atoms with Crippen LogP contribution in [0.15, 0.2) is 35.1 Å². The van der Waals surface area contributed by atoms with Crippen LogP contribution in [0, 0.1) is 11.6 Å². The zero-order valence-corrected chi connectivity index (χ0v) is 17.9. The summed E-state index contributed by atoms with van der Waals surface area (Å²) in [6.45, 7) is 3.18. The van der Waals surface area contributed by atoms with E-state index in [1.54, 1.807) is 13.8 Å². The number of carboxylic acids is 1. The number of aromatic nitrogens is 4.